The first kappa shape index (κ1) is 19.0. The number of fused-ring (bicyclic) bond motifs is 1. The van der Waals surface area contributed by atoms with Crippen molar-refractivity contribution in [2.45, 2.75) is 25.9 Å². The topological polar surface area (TPSA) is 45.4 Å². The minimum atomic E-state index is 0.371. The predicted molar refractivity (Wildman–Crippen MR) is 116 cm³/mol. The van der Waals surface area contributed by atoms with Gasteiger partial charge in [0.05, 0.1) is 5.56 Å². The van der Waals surface area contributed by atoms with E-state index in [2.05, 4.69) is 11.1 Å². The van der Waals surface area contributed by atoms with Crippen molar-refractivity contribution in [1.29, 1.82) is 5.26 Å². The average molecular weight is 427 g/mol. The SMILES string of the molecule is N#Cc1c(N=Cc2ccc(OCc3ccc(Cl)cc3Cl)cc2)sc2c1CCC2. The molecule has 0 bridgehead atoms. The Morgan fingerprint density at radius 1 is 1.14 bits per heavy atom. The Kier molecular flexibility index (Phi) is 5.68. The Morgan fingerprint density at radius 2 is 1.96 bits per heavy atom. The second-order valence-corrected chi connectivity index (χ2v) is 8.43. The molecule has 2 aromatic carbocycles. The number of rotatable bonds is 5. The molecule has 0 N–H and O–H groups in total. The zero-order chi connectivity index (χ0) is 19.5. The van der Waals surface area contributed by atoms with E-state index in [9.17, 15) is 5.26 Å². The third kappa shape index (κ3) is 4.07. The number of nitriles is 1. The Labute approximate surface area is 177 Å². The molecule has 0 spiro atoms. The van der Waals surface area contributed by atoms with E-state index in [1.807, 2.05) is 30.3 Å². The normalized spacial score (nSPS) is 12.9. The van der Waals surface area contributed by atoms with E-state index in [4.69, 9.17) is 27.9 Å². The highest BCUT2D eigenvalue weighted by Crippen LogP contribution is 2.40. The molecule has 0 saturated heterocycles. The molecule has 28 heavy (non-hydrogen) atoms. The van der Waals surface area contributed by atoms with Gasteiger partial charge in [-0.3, -0.25) is 0 Å². The van der Waals surface area contributed by atoms with E-state index < -0.39 is 0 Å². The van der Waals surface area contributed by atoms with Gasteiger partial charge in [0.25, 0.3) is 0 Å². The van der Waals surface area contributed by atoms with Gasteiger partial charge in [-0.1, -0.05) is 29.3 Å². The molecule has 140 valence electrons. The van der Waals surface area contributed by atoms with E-state index in [-0.39, 0.29) is 0 Å². The fraction of sp³-hybridized carbons (Fsp3) is 0.182. The molecule has 1 heterocycles. The van der Waals surface area contributed by atoms with Crippen LogP contribution < -0.4 is 4.74 Å². The van der Waals surface area contributed by atoms with Gasteiger partial charge < -0.3 is 4.74 Å². The summed E-state index contributed by atoms with van der Waals surface area (Å²) in [5, 5.41) is 11.4. The monoisotopic (exact) mass is 426 g/mol. The van der Waals surface area contributed by atoms with Crippen LogP contribution in [0.2, 0.25) is 10.0 Å². The lowest BCUT2D eigenvalue weighted by Crippen LogP contribution is -1.96. The highest BCUT2D eigenvalue weighted by molar-refractivity contribution is 7.16. The first-order valence-electron chi connectivity index (χ1n) is 8.89. The maximum Gasteiger partial charge on any atom is 0.134 e. The molecule has 1 aliphatic carbocycles. The van der Waals surface area contributed by atoms with Gasteiger partial charge in [-0.15, -0.1) is 11.3 Å². The number of hydrogen-bond donors (Lipinski definition) is 0. The molecule has 3 aromatic rings. The molecule has 4 rings (SSSR count). The third-order valence-electron chi connectivity index (χ3n) is 4.63. The second kappa shape index (κ2) is 8.36. The summed E-state index contributed by atoms with van der Waals surface area (Å²) >= 11 is 13.7. The van der Waals surface area contributed by atoms with Gasteiger partial charge >= 0.3 is 0 Å². The van der Waals surface area contributed by atoms with Crippen LogP contribution in [0.25, 0.3) is 0 Å². The van der Waals surface area contributed by atoms with Gasteiger partial charge in [-0.25, -0.2) is 4.99 Å². The standard InChI is InChI=1S/C22H16Cl2N2OS/c23-16-7-6-15(20(24)10-16)13-27-17-8-4-14(5-9-17)12-26-22-19(11-25)18-2-1-3-21(18)28-22/h4-10,12H,1-3,13H2. The summed E-state index contributed by atoms with van der Waals surface area (Å²) in [5.41, 5.74) is 3.78. The largest absolute Gasteiger partial charge is 0.489 e. The Bertz CT molecular complexity index is 1080. The third-order valence-corrected chi connectivity index (χ3v) is 6.42. The minimum absolute atomic E-state index is 0.371. The molecule has 0 saturated carbocycles. The molecule has 1 aliphatic rings. The molecule has 0 amide bonds. The predicted octanol–water partition coefficient (Wildman–Crippen LogP) is 6.74. The van der Waals surface area contributed by atoms with Crippen molar-refractivity contribution in [1.82, 2.24) is 0 Å². The first-order valence-corrected chi connectivity index (χ1v) is 10.5. The highest BCUT2D eigenvalue weighted by atomic mass is 35.5. The zero-order valence-corrected chi connectivity index (χ0v) is 17.2. The summed E-state index contributed by atoms with van der Waals surface area (Å²) in [7, 11) is 0. The van der Waals surface area contributed by atoms with Gasteiger partial charge in [0.2, 0.25) is 0 Å². The number of halogens is 2. The van der Waals surface area contributed by atoms with Crippen molar-refractivity contribution in [3.05, 3.63) is 79.6 Å². The Balaban J connectivity index is 1.42. The van der Waals surface area contributed by atoms with Crippen molar-refractivity contribution >= 4 is 45.8 Å². The Morgan fingerprint density at radius 3 is 2.71 bits per heavy atom. The van der Waals surface area contributed by atoms with Crippen molar-refractivity contribution in [3.8, 4) is 11.8 Å². The molecule has 0 atom stereocenters. The number of benzene rings is 2. The first-order chi connectivity index (χ1) is 13.6. The van der Waals surface area contributed by atoms with Crippen molar-refractivity contribution < 1.29 is 4.74 Å². The van der Waals surface area contributed by atoms with Crippen LogP contribution >= 0.6 is 34.5 Å². The molecule has 0 radical (unpaired) electrons. The van der Waals surface area contributed by atoms with Crippen molar-refractivity contribution in [2.24, 2.45) is 4.99 Å². The van der Waals surface area contributed by atoms with Gasteiger partial charge in [-0.05, 0) is 66.8 Å². The second-order valence-electron chi connectivity index (χ2n) is 6.50. The van der Waals surface area contributed by atoms with E-state index in [0.717, 1.165) is 46.7 Å². The molecular weight excluding hydrogens is 411 g/mol. The number of hydrogen-bond acceptors (Lipinski definition) is 4. The molecule has 6 heteroatoms. The van der Waals surface area contributed by atoms with Crippen LogP contribution in [0.1, 0.15) is 33.6 Å². The summed E-state index contributed by atoms with van der Waals surface area (Å²) in [6.07, 6.45) is 4.99. The molecule has 3 nitrogen and oxygen atoms in total. The summed E-state index contributed by atoms with van der Waals surface area (Å²) in [6, 6.07) is 15.3. The number of thiophene rings is 1. The summed E-state index contributed by atoms with van der Waals surface area (Å²) in [4.78, 5) is 5.87. The summed E-state index contributed by atoms with van der Waals surface area (Å²) in [5.74, 6) is 0.746. The fourth-order valence-electron chi connectivity index (χ4n) is 3.18. The summed E-state index contributed by atoms with van der Waals surface area (Å²) in [6.45, 7) is 0.371. The lowest BCUT2D eigenvalue weighted by molar-refractivity contribution is 0.306. The van der Waals surface area contributed by atoms with E-state index in [1.165, 1.54) is 10.4 Å². The van der Waals surface area contributed by atoms with Gasteiger partial charge in [0, 0.05) is 26.7 Å². The van der Waals surface area contributed by atoms with Crippen LogP contribution in [-0.4, -0.2) is 6.21 Å². The van der Waals surface area contributed by atoms with Gasteiger partial charge in [-0.2, -0.15) is 5.26 Å². The summed E-state index contributed by atoms with van der Waals surface area (Å²) < 4.78 is 5.80. The number of nitrogens with zero attached hydrogens (tertiary/aromatic N) is 2. The van der Waals surface area contributed by atoms with Crippen molar-refractivity contribution in [3.63, 3.8) is 0 Å². The molecule has 1 aromatic heterocycles. The molecule has 0 aliphatic heterocycles. The van der Waals surface area contributed by atoms with Gasteiger partial charge in [0.15, 0.2) is 0 Å². The quantitative estimate of drug-likeness (QED) is 0.423. The van der Waals surface area contributed by atoms with E-state index in [1.54, 1.807) is 29.7 Å². The fourth-order valence-corrected chi connectivity index (χ4v) is 4.83. The van der Waals surface area contributed by atoms with Crippen LogP contribution in [0.3, 0.4) is 0 Å². The van der Waals surface area contributed by atoms with E-state index in [0.29, 0.717) is 16.7 Å². The molecule has 0 unspecified atom stereocenters. The van der Waals surface area contributed by atoms with Crippen LogP contribution in [0, 0.1) is 11.3 Å². The van der Waals surface area contributed by atoms with Crippen LogP contribution in [0.5, 0.6) is 5.75 Å². The molecule has 0 fully saturated rings. The maximum absolute atomic E-state index is 9.44. The maximum atomic E-state index is 9.44. The number of aliphatic imine (C=N–C) groups is 1. The number of aryl methyl sites for hydroxylation is 1. The average Bonchev–Trinajstić information content (AvgIpc) is 3.27. The molecular formula is C22H16Cl2N2OS. The minimum Gasteiger partial charge on any atom is -0.489 e. The Hall–Kier alpha value is -2.32. The van der Waals surface area contributed by atoms with Crippen LogP contribution in [-0.2, 0) is 19.4 Å². The lowest BCUT2D eigenvalue weighted by Gasteiger charge is -2.08. The number of ether oxygens (including phenoxy) is 1. The van der Waals surface area contributed by atoms with Gasteiger partial charge in [0.1, 0.15) is 23.4 Å². The highest BCUT2D eigenvalue weighted by Gasteiger charge is 2.21. The smallest absolute Gasteiger partial charge is 0.134 e. The van der Waals surface area contributed by atoms with Crippen LogP contribution in [0.4, 0.5) is 5.00 Å². The van der Waals surface area contributed by atoms with Crippen molar-refractivity contribution in [2.75, 3.05) is 0 Å². The van der Waals surface area contributed by atoms with Crippen LogP contribution in [0.15, 0.2) is 47.5 Å². The zero-order valence-electron chi connectivity index (χ0n) is 14.9. The lowest BCUT2D eigenvalue weighted by atomic mass is 10.1. The van der Waals surface area contributed by atoms with E-state index >= 15 is 0 Å².